The number of nitrogens with one attached hydrogen (secondary N) is 3. The first-order valence-electron chi connectivity index (χ1n) is 9.72. The number of aromatic amines is 1. The largest absolute Gasteiger partial charge is 0.481 e. The first-order chi connectivity index (χ1) is 14.7. The number of amides is 3. The maximum absolute atomic E-state index is 12.4. The molecule has 1 heterocycles. The molecule has 0 unspecified atom stereocenters. The van der Waals surface area contributed by atoms with Crippen molar-refractivity contribution in [3.8, 4) is 11.1 Å². The average Bonchev–Trinajstić information content (AvgIpc) is 3.14. The second-order valence-electron chi connectivity index (χ2n) is 7.30. The SMILES string of the molecule is Cc1ccc(C)c(NC(=O)Nc2ccc(-c3c(CCC(=O)O)c[nH]c3C(N)=O)cc2)c1. The third kappa shape index (κ3) is 5.30. The number of carboxylic acid groups (broad SMARTS) is 1. The van der Waals surface area contributed by atoms with Crippen molar-refractivity contribution in [2.75, 3.05) is 10.6 Å². The van der Waals surface area contributed by atoms with Gasteiger partial charge in [0.25, 0.3) is 5.91 Å². The van der Waals surface area contributed by atoms with Gasteiger partial charge in [-0.25, -0.2) is 4.79 Å². The lowest BCUT2D eigenvalue weighted by Gasteiger charge is -2.11. The van der Waals surface area contributed by atoms with Crippen molar-refractivity contribution in [3.05, 3.63) is 71.0 Å². The smallest absolute Gasteiger partial charge is 0.323 e. The van der Waals surface area contributed by atoms with Crippen LogP contribution in [-0.2, 0) is 11.2 Å². The molecule has 0 spiro atoms. The molecule has 0 saturated heterocycles. The first kappa shape index (κ1) is 21.6. The Bertz CT molecular complexity index is 1130. The number of H-pyrrole nitrogens is 1. The minimum Gasteiger partial charge on any atom is -0.481 e. The molecular weight excluding hydrogens is 396 g/mol. The van der Waals surface area contributed by atoms with Crippen LogP contribution in [0.25, 0.3) is 11.1 Å². The van der Waals surface area contributed by atoms with Crippen LogP contribution in [0.1, 0.15) is 33.6 Å². The molecule has 6 N–H and O–H groups in total. The molecule has 2 aromatic carbocycles. The van der Waals surface area contributed by atoms with E-state index in [0.717, 1.165) is 16.8 Å². The first-order valence-corrected chi connectivity index (χ1v) is 9.72. The van der Waals surface area contributed by atoms with Gasteiger partial charge in [-0.05, 0) is 60.7 Å². The number of aliphatic carboxylic acids is 1. The molecule has 31 heavy (non-hydrogen) atoms. The van der Waals surface area contributed by atoms with Gasteiger partial charge >= 0.3 is 12.0 Å². The maximum Gasteiger partial charge on any atom is 0.323 e. The predicted molar refractivity (Wildman–Crippen MR) is 119 cm³/mol. The minimum absolute atomic E-state index is 0.0682. The maximum atomic E-state index is 12.4. The molecule has 3 aromatic rings. The molecule has 0 fully saturated rings. The summed E-state index contributed by atoms with van der Waals surface area (Å²) in [6.07, 6.45) is 1.79. The molecule has 3 amide bonds. The third-order valence-corrected chi connectivity index (χ3v) is 4.89. The normalized spacial score (nSPS) is 10.5. The molecule has 160 valence electrons. The number of carbonyl (C=O) groups excluding carboxylic acids is 2. The minimum atomic E-state index is -0.929. The van der Waals surface area contributed by atoms with Gasteiger partial charge in [-0.15, -0.1) is 0 Å². The Morgan fingerprint density at radius 2 is 1.74 bits per heavy atom. The molecule has 0 atom stereocenters. The summed E-state index contributed by atoms with van der Waals surface area (Å²) in [5.41, 5.74) is 10.9. The Kier molecular flexibility index (Phi) is 6.40. The Labute approximate surface area is 179 Å². The van der Waals surface area contributed by atoms with E-state index in [1.165, 1.54) is 0 Å². The van der Waals surface area contributed by atoms with Crippen LogP contribution < -0.4 is 16.4 Å². The summed E-state index contributed by atoms with van der Waals surface area (Å²) in [6, 6.07) is 12.3. The van der Waals surface area contributed by atoms with Gasteiger partial charge in [0.05, 0.1) is 0 Å². The molecule has 0 bridgehead atoms. The summed E-state index contributed by atoms with van der Waals surface area (Å²) in [4.78, 5) is 37.9. The van der Waals surface area contributed by atoms with E-state index in [4.69, 9.17) is 10.8 Å². The van der Waals surface area contributed by atoms with Gasteiger partial charge in [0.1, 0.15) is 5.69 Å². The fourth-order valence-corrected chi connectivity index (χ4v) is 3.30. The highest BCUT2D eigenvalue weighted by Gasteiger charge is 2.18. The fraction of sp³-hybridized carbons (Fsp3) is 0.174. The van der Waals surface area contributed by atoms with E-state index in [1.807, 2.05) is 32.0 Å². The number of anilines is 2. The van der Waals surface area contributed by atoms with Gasteiger partial charge in [0, 0.05) is 29.6 Å². The second kappa shape index (κ2) is 9.17. The van der Waals surface area contributed by atoms with Crippen LogP contribution in [0.15, 0.2) is 48.7 Å². The van der Waals surface area contributed by atoms with E-state index in [-0.39, 0.29) is 24.6 Å². The van der Waals surface area contributed by atoms with Gasteiger partial charge in [-0.3, -0.25) is 9.59 Å². The molecule has 8 nitrogen and oxygen atoms in total. The molecular formula is C23H24N4O4. The number of benzene rings is 2. The molecule has 0 aliphatic carbocycles. The van der Waals surface area contributed by atoms with Crippen LogP contribution in [0.5, 0.6) is 0 Å². The molecule has 0 saturated carbocycles. The molecule has 3 rings (SSSR count). The highest BCUT2D eigenvalue weighted by atomic mass is 16.4. The van der Waals surface area contributed by atoms with Gasteiger partial charge < -0.3 is 26.5 Å². The van der Waals surface area contributed by atoms with Gasteiger partial charge in [-0.2, -0.15) is 0 Å². The zero-order valence-electron chi connectivity index (χ0n) is 17.3. The molecule has 1 aromatic heterocycles. The number of hydrogen-bond donors (Lipinski definition) is 5. The monoisotopic (exact) mass is 420 g/mol. The van der Waals surface area contributed by atoms with Gasteiger partial charge in [0.15, 0.2) is 0 Å². The third-order valence-electron chi connectivity index (χ3n) is 4.89. The number of urea groups is 1. The van der Waals surface area contributed by atoms with E-state index in [9.17, 15) is 14.4 Å². The number of hydrogen-bond acceptors (Lipinski definition) is 3. The highest BCUT2D eigenvalue weighted by Crippen LogP contribution is 2.30. The lowest BCUT2D eigenvalue weighted by atomic mass is 9.98. The van der Waals surface area contributed by atoms with Crippen molar-refractivity contribution in [1.82, 2.24) is 4.98 Å². The number of carbonyl (C=O) groups is 3. The lowest BCUT2D eigenvalue weighted by molar-refractivity contribution is -0.136. The summed E-state index contributed by atoms with van der Waals surface area (Å²) >= 11 is 0. The van der Waals surface area contributed by atoms with Crippen molar-refractivity contribution in [1.29, 1.82) is 0 Å². The number of carboxylic acids is 1. The van der Waals surface area contributed by atoms with E-state index < -0.39 is 11.9 Å². The zero-order valence-corrected chi connectivity index (χ0v) is 17.3. The van der Waals surface area contributed by atoms with Crippen molar-refractivity contribution < 1.29 is 19.5 Å². The Balaban J connectivity index is 1.78. The van der Waals surface area contributed by atoms with E-state index in [0.29, 0.717) is 22.4 Å². The summed E-state index contributed by atoms with van der Waals surface area (Å²) < 4.78 is 0. The number of nitrogens with two attached hydrogens (primary N) is 1. The van der Waals surface area contributed by atoms with Crippen LogP contribution in [0.3, 0.4) is 0 Å². The van der Waals surface area contributed by atoms with Crippen LogP contribution >= 0.6 is 0 Å². The second-order valence-corrected chi connectivity index (χ2v) is 7.30. The van der Waals surface area contributed by atoms with Crippen molar-refractivity contribution in [2.24, 2.45) is 5.73 Å². The number of aryl methyl sites for hydroxylation is 3. The Hall–Kier alpha value is -4.07. The predicted octanol–water partition coefficient (Wildman–Crippen LogP) is 4.06. The molecule has 0 aliphatic rings. The van der Waals surface area contributed by atoms with Crippen LogP contribution in [0.2, 0.25) is 0 Å². The number of rotatable bonds is 7. The van der Waals surface area contributed by atoms with E-state index in [1.54, 1.807) is 30.5 Å². The molecule has 0 aliphatic heterocycles. The van der Waals surface area contributed by atoms with E-state index in [2.05, 4.69) is 15.6 Å². The summed E-state index contributed by atoms with van der Waals surface area (Å²) in [7, 11) is 0. The van der Waals surface area contributed by atoms with E-state index >= 15 is 0 Å². The van der Waals surface area contributed by atoms with Crippen molar-refractivity contribution in [3.63, 3.8) is 0 Å². The van der Waals surface area contributed by atoms with Crippen LogP contribution in [-0.4, -0.2) is 28.0 Å². The summed E-state index contributed by atoms with van der Waals surface area (Å²) in [6.45, 7) is 3.87. The zero-order chi connectivity index (χ0) is 22.5. The van der Waals surface area contributed by atoms with Crippen LogP contribution in [0, 0.1) is 13.8 Å². The number of aromatic nitrogens is 1. The Morgan fingerprint density at radius 3 is 2.39 bits per heavy atom. The molecule has 0 radical (unpaired) electrons. The Morgan fingerprint density at radius 1 is 1.03 bits per heavy atom. The lowest BCUT2D eigenvalue weighted by Crippen LogP contribution is -2.20. The fourth-order valence-electron chi connectivity index (χ4n) is 3.30. The van der Waals surface area contributed by atoms with Gasteiger partial charge in [0.2, 0.25) is 0 Å². The summed E-state index contributed by atoms with van der Waals surface area (Å²) in [5.74, 6) is -1.56. The van der Waals surface area contributed by atoms with Gasteiger partial charge in [-0.1, -0.05) is 24.3 Å². The van der Waals surface area contributed by atoms with Crippen LogP contribution in [0.4, 0.5) is 16.2 Å². The van der Waals surface area contributed by atoms with Crippen molar-refractivity contribution in [2.45, 2.75) is 26.7 Å². The quantitative estimate of drug-likeness (QED) is 0.393. The number of primary amides is 1. The standard InChI is InChI=1S/C23H24N4O4/c1-13-3-4-14(2)18(11-13)27-23(31)26-17-8-5-15(6-9-17)20-16(7-10-19(28)29)12-25-21(20)22(24)30/h3-6,8-9,11-12,25H,7,10H2,1-2H3,(H2,24,30)(H,28,29)(H2,26,27,31). The average molecular weight is 420 g/mol. The topological polar surface area (TPSA) is 137 Å². The highest BCUT2D eigenvalue weighted by molar-refractivity contribution is 6.01. The summed E-state index contributed by atoms with van der Waals surface area (Å²) in [5, 5.41) is 14.6. The van der Waals surface area contributed by atoms with Crippen molar-refractivity contribution >= 4 is 29.3 Å². The molecule has 8 heteroatoms.